The minimum atomic E-state index is -0.669. The fourth-order valence-corrected chi connectivity index (χ4v) is 1.68. The maximum absolute atomic E-state index is 11.6. The number of nitro groups is 1. The quantitative estimate of drug-likeness (QED) is 0.440. The smallest absolute Gasteiger partial charge is 0.395 e. The first-order chi connectivity index (χ1) is 9.08. The van der Waals surface area contributed by atoms with Gasteiger partial charge >= 0.3 is 5.88 Å². The second-order valence-electron chi connectivity index (χ2n) is 4.03. The summed E-state index contributed by atoms with van der Waals surface area (Å²) in [4.78, 5) is 23.6. The van der Waals surface area contributed by atoms with Crippen molar-refractivity contribution in [2.45, 2.75) is 20.3 Å². The summed E-state index contributed by atoms with van der Waals surface area (Å²) in [6.07, 6.45) is 0.830. The van der Waals surface area contributed by atoms with E-state index in [0.717, 1.165) is 26.1 Å². The summed E-state index contributed by atoms with van der Waals surface area (Å²) in [6, 6.07) is 2.47. The van der Waals surface area contributed by atoms with Gasteiger partial charge in [0.15, 0.2) is 5.76 Å². The zero-order chi connectivity index (χ0) is 14.3. The Labute approximate surface area is 111 Å². The third kappa shape index (κ3) is 4.70. The summed E-state index contributed by atoms with van der Waals surface area (Å²) in [5.41, 5.74) is 0. The topological polar surface area (TPSA) is 88.6 Å². The first-order valence-corrected chi connectivity index (χ1v) is 6.33. The van der Waals surface area contributed by atoms with Crippen LogP contribution in [-0.4, -0.2) is 41.9 Å². The molecule has 0 fully saturated rings. The van der Waals surface area contributed by atoms with Crippen LogP contribution in [0.15, 0.2) is 16.5 Å². The van der Waals surface area contributed by atoms with Crippen molar-refractivity contribution < 1.29 is 14.1 Å². The highest BCUT2D eigenvalue weighted by molar-refractivity contribution is 5.91. The molecule has 0 bridgehead atoms. The normalized spacial score (nSPS) is 10.7. The van der Waals surface area contributed by atoms with Crippen molar-refractivity contribution in [3.05, 3.63) is 28.0 Å². The van der Waals surface area contributed by atoms with Gasteiger partial charge in [0.2, 0.25) is 0 Å². The first-order valence-electron chi connectivity index (χ1n) is 6.33. The van der Waals surface area contributed by atoms with Gasteiger partial charge in [-0.3, -0.25) is 14.9 Å². The Morgan fingerprint density at radius 3 is 2.63 bits per heavy atom. The molecule has 0 aliphatic rings. The minimum Gasteiger partial charge on any atom is -0.395 e. The summed E-state index contributed by atoms with van der Waals surface area (Å²) in [7, 11) is 0. The molecule has 0 atom stereocenters. The van der Waals surface area contributed by atoms with Gasteiger partial charge in [-0.25, -0.2) is 0 Å². The van der Waals surface area contributed by atoms with Crippen LogP contribution < -0.4 is 5.32 Å². The second-order valence-corrected chi connectivity index (χ2v) is 4.03. The molecular weight excluding hydrogens is 250 g/mol. The number of amides is 1. The lowest BCUT2D eigenvalue weighted by atomic mass is 10.3. The van der Waals surface area contributed by atoms with E-state index in [0.29, 0.717) is 6.54 Å². The van der Waals surface area contributed by atoms with Crippen molar-refractivity contribution in [3.8, 4) is 0 Å². The Morgan fingerprint density at radius 2 is 2.11 bits per heavy atom. The number of carbonyl (C=O) groups is 1. The van der Waals surface area contributed by atoms with Crippen molar-refractivity contribution in [3.63, 3.8) is 0 Å². The van der Waals surface area contributed by atoms with Crippen LogP contribution in [0.25, 0.3) is 0 Å². The predicted octanol–water partition coefficient (Wildman–Crippen LogP) is 1.65. The summed E-state index contributed by atoms with van der Waals surface area (Å²) in [5.74, 6) is -0.879. The lowest BCUT2D eigenvalue weighted by Crippen LogP contribution is -2.29. The Kier molecular flexibility index (Phi) is 6.01. The molecule has 0 aliphatic carbocycles. The van der Waals surface area contributed by atoms with Gasteiger partial charge in [0.05, 0.1) is 6.07 Å². The van der Waals surface area contributed by atoms with E-state index in [4.69, 9.17) is 4.42 Å². The molecule has 0 spiro atoms. The van der Waals surface area contributed by atoms with Crippen LogP contribution in [0.2, 0.25) is 0 Å². The molecule has 0 aliphatic heterocycles. The first kappa shape index (κ1) is 15.2. The van der Waals surface area contributed by atoms with Crippen LogP contribution in [0.3, 0.4) is 0 Å². The van der Waals surface area contributed by atoms with Crippen LogP contribution in [0, 0.1) is 10.1 Å². The van der Waals surface area contributed by atoms with Crippen LogP contribution in [0.1, 0.15) is 30.8 Å². The van der Waals surface area contributed by atoms with Gasteiger partial charge in [0.25, 0.3) is 5.91 Å². The van der Waals surface area contributed by atoms with Crippen molar-refractivity contribution in [2.24, 2.45) is 0 Å². The van der Waals surface area contributed by atoms with Crippen molar-refractivity contribution in [1.82, 2.24) is 10.2 Å². The molecule has 0 saturated carbocycles. The largest absolute Gasteiger partial charge is 0.433 e. The van der Waals surface area contributed by atoms with E-state index in [9.17, 15) is 14.9 Å². The highest BCUT2D eigenvalue weighted by atomic mass is 16.6. The number of nitrogens with zero attached hydrogens (tertiary/aromatic N) is 2. The molecule has 1 rings (SSSR count). The highest BCUT2D eigenvalue weighted by Gasteiger charge is 2.16. The summed E-state index contributed by atoms with van der Waals surface area (Å²) < 4.78 is 4.81. The van der Waals surface area contributed by atoms with Gasteiger partial charge in [0, 0.05) is 6.54 Å². The average Bonchev–Trinajstić information content (AvgIpc) is 2.88. The van der Waals surface area contributed by atoms with Crippen LogP contribution >= 0.6 is 0 Å². The fourth-order valence-electron chi connectivity index (χ4n) is 1.68. The zero-order valence-corrected chi connectivity index (χ0v) is 11.2. The Balaban J connectivity index is 2.33. The van der Waals surface area contributed by atoms with Gasteiger partial charge in [-0.15, -0.1) is 0 Å². The maximum Gasteiger partial charge on any atom is 0.433 e. The molecule has 1 aromatic rings. The summed E-state index contributed by atoms with van der Waals surface area (Å²) in [6.45, 7) is 7.56. The summed E-state index contributed by atoms with van der Waals surface area (Å²) in [5, 5.41) is 13.1. The third-order valence-corrected chi connectivity index (χ3v) is 2.83. The van der Waals surface area contributed by atoms with Crippen molar-refractivity contribution in [1.29, 1.82) is 0 Å². The van der Waals surface area contributed by atoms with E-state index >= 15 is 0 Å². The number of nitrogens with one attached hydrogen (secondary N) is 1. The van der Waals surface area contributed by atoms with E-state index < -0.39 is 16.7 Å². The Bertz CT molecular complexity index is 426. The molecule has 0 saturated heterocycles. The molecule has 1 N–H and O–H groups in total. The molecular formula is C12H19N3O4. The van der Waals surface area contributed by atoms with E-state index in [1.165, 1.54) is 12.1 Å². The second kappa shape index (κ2) is 7.52. The third-order valence-electron chi connectivity index (χ3n) is 2.83. The molecule has 1 heterocycles. The summed E-state index contributed by atoms with van der Waals surface area (Å²) >= 11 is 0. The van der Waals surface area contributed by atoms with Gasteiger partial charge in [-0.2, -0.15) is 0 Å². The molecule has 0 aromatic carbocycles. The number of hydrogen-bond donors (Lipinski definition) is 1. The monoisotopic (exact) mass is 269 g/mol. The predicted molar refractivity (Wildman–Crippen MR) is 70.1 cm³/mol. The number of furan rings is 1. The van der Waals surface area contributed by atoms with E-state index in [-0.39, 0.29) is 5.76 Å². The lowest BCUT2D eigenvalue weighted by Gasteiger charge is -2.17. The maximum atomic E-state index is 11.6. The molecule has 1 amide bonds. The van der Waals surface area contributed by atoms with Crippen molar-refractivity contribution in [2.75, 3.05) is 26.2 Å². The number of carbonyl (C=O) groups excluding carboxylic acids is 1. The molecule has 19 heavy (non-hydrogen) atoms. The molecule has 0 radical (unpaired) electrons. The Morgan fingerprint density at radius 1 is 1.42 bits per heavy atom. The van der Waals surface area contributed by atoms with E-state index in [2.05, 4.69) is 24.1 Å². The van der Waals surface area contributed by atoms with Gasteiger partial charge in [0.1, 0.15) is 4.92 Å². The molecule has 106 valence electrons. The lowest BCUT2D eigenvalue weighted by molar-refractivity contribution is -0.402. The highest BCUT2D eigenvalue weighted by Crippen LogP contribution is 2.15. The number of hydrogen-bond acceptors (Lipinski definition) is 5. The van der Waals surface area contributed by atoms with E-state index in [1.807, 2.05) is 0 Å². The molecule has 7 heteroatoms. The minimum absolute atomic E-state index is 0.0328. The molecule has 7 nitrogen and oxygen atoms in total. The molecule has 0 unspecified atom stereocenters. The Hall–Kier alpha value is -1.89. The van der Waals surface area contributed by atoms with Crippen LogP contribution in [0.4, 0.5) is 5.88 Å². The SMILES string of the molecule is CCN(CC)CCCNC(=O)c1ccc([N+](=O)[O-])o1. The fraction of sp³-hybridized carbons (Fsp3) is 0.583. The van der Waals surface area contributed by atoms with Gasteiger partial charge in [-0.1, -0.05) is 13.8 Å². The number of rotatable bonds is 8. The van der Waals surface area contributed by atoms with Gasteiger partial charge in [-0.05, 0) is 32.1 Å². The van der Waals surface area contributed by atoms with Crippen LogP contribution in [-0.2, 0) is 0 Å². The van der Waals surface area contributed by atoms with Crippen molar-refractivity contribution >= 4 is 11.8 Å². The molecule has 1 aromatic heterocycles. The van der Waals surface area contributed by atoms with Crippen LogP contribution in [0.5, 0.6) is 0 Å². The zero-order valence-electron chi connectivity index (χ0n) is 11.2. The van der Waals surface area contributed by atoms with E-state index in [1.54, 1.807) is 0 Å². The average molecular weight is 269 g/mol. The van der Waals surface area contributed by atoms with Gasteiger partial charge < -0.3 is 14.6 Å². The standard InChI is InChI=1S/C12H19N3O4/c1-3-14(4-2)9-5-8-13-12(16)10-6-7-11(19-10)15(17)18/h6-7H,3-5,8-9H2,1-2H3,(H,13,16).